The Morgan fingerprint density at radius 3 is 1.09 bits per heavy atom. The number of fused-ring (bicyclic) bond motifs is 3. The minimum absolute atomic E-state index is 0.270. The van der Waals surface area contributed by atoms with Crippen molar-refractivity contribution in [1.82, 2.24) is 15.0 Å². The van der Waals surface area contributed by atoms with Crippen molar-refractivity contribution in [3.8, 4) is 156 Å². The van der Waals surface area contributed by atoms with Crippen LogP contribution in [0.4, 0.5) is 4.39 Å². The molecule has 0 N–H and O–H groups in total. The molecule has 12 aromatic carbocycles. The zero-order chi connectivity index (χ0) is 70.8. The highest BCUT2D eigenvalue weighted by molar-refractivity contribution is 6.62. The van der Waals surface area contributed by atoms with E-state index in [-0.39, 0.29) is 11.2 Å². The predicted octanol–water partition coefficient (Wildman–Crippen LogP) is 24.6. The van der Waals surface area contributed by atoms with Crippen molar-refractivity contribution < 1.29 is 13.7 Å². The molecule has 0 atom stereocenters. The van der Waals surface area contributed by atoms with Gasteiger partial charge in [0.15, 0.2) is 0 Å². The number of nitrogens with zero attached hydrogens (tertiary/aromatic N) is 3. The smallest absolute Gasteiger partial charge is 0.399 e. The lowest BCUT2D eigenvalue weighted by molar-refractivity contribution is 0.00578. The Balaban J connectivity index is 0.867. The van der Waals surface area contributed by atoms with Crippen molar-refractivity contribution in [2.24, 2.45) is 0 Å². The summed E-state index contributed by atoms with van der Waals surface area (Å²) in [6.45, 7) is 15.2. The van der Waals surface area contributed by atoms with E-state index in [0.717, 1.165) is 156 Å². The van der Waals surface area contributed by atoms with Crippen LogP contribution in [0.1, 0.15) is 58.2 Å². The van der Waals surface area contributed by atoms with Crippen LogP contribution in [0.2, 0.25) is 0 Å². The number of hydrogen-bond acceptors (Lipinski definition) is 5. The van der Waals surface area contributed by atoms with Crippen molar-refractivity contribution in [1.29, 1.82) is 0 Å². The summed E-state index contributed by atoms with van der Waals surface area (Å²) in [4.78, 5) is 14.8. The molecule has 7 heteroatoms. The third kappa shape index (κ3) is 12.0. The van der Waals surface area contributed by atoms with E-state index < -0.39 is 18.3 Å². The normalized spacial score (nSPS) is 13.9. The van der Waals surface area contributed by atoms with Crippen molar-refractivity contribution in [3.63, 3.8) is 0 Å². The summed E-state index contributed by atoms with van der Waals surface area (Å²) in [6, 6.07) is 111. The first-order chi connectivity index (χ1) is 50.6. The molecule has 17 rings (SSSR count). The molecule has 500 valence electrons. The van der Waals surface area contributed by atoms with Crippen LogP contribution in [0.5, 0.6) is 0 Å². The van der Waals surface area contributed by atoms with Crippen LogP contribution in [0.25, 0.3) is 156 Å². The molecule has 0 amide bonds. The lowest BCUT2D eigenvalue weighted by atomic mass is 9.74. The molecule has 1 aliphatic heterocycles. The van der Waals surface area contributed by atoms with Crippen LogP contribution >= 0.6 is 0 Å². The van der Waals surface area contributed by atoms with Gasteiger partial charge in [-0.25, -0.2) is 4.39 Å². The molecule has 0 unspecified atom stereocenters. The van der Waals surface area contributed by atoms with Crippen molar-refractivity contribution in [2.75, 3.05) is 0 Å². The molecule has 1 fully saturated rings. The van der Waals surface area contributed by atoms with Gasteiger partial charge in [0.2, 0.25) is 0 Å². The van der Waals surface area contributed by atoms with E-state index in [0.29, 0.717) is 0 Å². The van der Waals surface area contributed by atoms with E-state index in [1.54, 1.807) is 0 Å². The second kappa shape index (κ2) is 26.4. The maximum Gasteiger partial charge on any atom is 0.494 e. The first kappa shape index (κ1) is 65.3. The van der Waals surface area contributed by atoms with E-state index in [4.69, 9.17) is 24.3 Å². The molecule has 15 aromatic rings. The largest absolute Gasteiger partial charge is 0.494 e. The molecule has 0 radical (unpaired) electrons. The topological polar surface area (TPSA) is 57.1 Å². The number of aromatic nitrogens is 3. The zero-order valence-electron chi connectivity index (χ0n) is 59.3. The highest BCUT2D eigenvalue weighted by atomic mass is 19.1. The maximum atomic E-state index is 14.3. The minimum atomic E-state index is -0.486. The molecule has 3 aromatic heterocycles. The van der Waals surface area contributed by atoms with Gasteiger partial charge in [0.1, 0.15) is 5.82 Å². The molecular formula is C97H75BFN3O2. The Kier molecular flexibility index (Phi) is 16.6. The molecule has 0 spiro atoms. The summed E-state index contributed by atoms with van der Waals surface area (Å²) in [7, 11) is -0.486. The molecule has 5 nitrogen and oxygen atoms in total. The molecule has 1 aliphatic carbocycles. The van der Waals surface area contributed by atoms with Crippen LogP contribution in [-0.4, -0.2) is 33.3 Å². The van der Waals surface area contributed by atoms with Crippen molar-refractivity contribution >= 4 is 12.6 Å². The van der Waals surface area contributed by atoms with Gasteiger partial charge in [-0.05, 0) is 259 Å². The Labute approximate surface area is 609 Å². The average molecular weight is 1340 g/mol. The summed E-state index contributed by atoms with van der Waals surface area (Å²) >= 11 is 0. The van der Waals surface area contributed by atoms with E-state index in [2.05, 4.69) is 309 Å². The maximum absolute atomic E-state index is 14.3. The van der Waals surface area contributed by atoms with E-state index >= 15 is 0 Å². The van der Waals surface area contributed by atoms with Crippen LogP contribution in [-0.2, 0) is 14.7 Å². The average Bonchev–Trinajstić information content (AvgIpc) is 1.61. The molecule has 1 saturated heterocycles. The highest BCUT2D eigenvalue weighted by Gasteiger charge is 2.52. The fourth-order valence-electron chi connectivity index (χ4n) is 15.5. The summed E-state index contributed by atoms with van der Waals surface area (Å²) in [5.74, 6) is -0.270. The second-order valence-corrected chi connectivity index (χ2v) is 29.0. The Morgan fingerprint density at radius 1 is 0.269 bits per heavy atom. The Morgan fingerprint density at radius 2 is 0.635 bits per heavy atom. The third-order valence-electron chi connectivity index (χ3n) is 21.8. The number of hydrogen-bond donors (Lipinski definition) is 0. The van der Waals surface area contributed by atoms with Crippen LogP contribution < -0.4 is 5.46 Å². The molecule has 2 aliphatic rings. The van der Waals surface area contributed by atoms with E-state index in [9.17, 15) is 4.39 Å². The number of pyridine rings is 3. The molecule has 0 saturated carbocycles. The van der Waals surface area contributed by atoms with Gasteiger partial charge in [0.05, 0.1) is 28.3 Å². The van der Waals surface area contributed by atoms with E-state index in [1.165, 1.54) is 34.4 Å². The molecule has 0 bridgehead atoms. The van der Waals surface area contributed by atoms with Crippen LogP contribution in [0.15, 0.2) is 328 Å². The van der Waals surface area contributed by atoms with Gasteiger partial charge in [0, 0.05) is 46.3 Å². The Bertz CT molecular complexity index is 5590. The molecular weight excluding hydrogens is 1270 g/mol. The number of rotatable bonds is 14. The lowest BCUT2D eigenvalue weighted by Crippen LogP contribution is -2.41. The second-order valence-electron chi connectivity index (χ2n) is 29.0. The highest BCUT2D eigenvalue weighted by Crippen LogP contribution is 2.53. The summed E-state index contributed by atoms with van der Waals surface area (Å²) in [5, 5.41) is 0. The standard InChI is InChI=1S/C97H75BFN3O2/c1-62-52-94(102-61-89(62)65-36-43-74(99)44-37-65)69-41-47-83(88(58-69)66-38-48-84-85-49-42-73(60-91(85)95(2,3)90(84)59-66)98-103-96(4,5)97(6,7)104-98)80-33-19-16-30-77(80)72-54-70(75-28-14-17-31-78(75)81-45-39-67(92-34-20-22-50-100-92)56-86(81)63-24-10-8-11-25-63)53-71(55-72)76-29-15-18-32-79(76)82-46-40-68(93-35-21-23-51-101-93)57-87(82)64-26-12-9-13-27-64/h8-61H,1-7H3. The molecule has 4 heterocycles. The summed E-state index contributed by atoms with van der Waals surface area (Å²) in [6.07, 6.45) is 5.65. The van der Waals surface area contributed by atoms with Crippen LogP contribution in [0, 0.1) is 12.7 Å². The summed E-state index contributed by atoms with van der Waals surface area (Å²) < 4.78 is 27.6. The monoisotopic (exact) mass is 1340 g/mol. The predicted molar refractivity (Wildman–Crippen MR) is 428 cm³/mol. The number of aryl methyl sites for hydroxylation is 1. The fraction of sp³-hybridized carbons (Fsp3) is 0.103. The third-order valence-corrected chi connectivity index (χ3v) is 21.8. The summed E-state index contributed by atoms with van der Waals surface area (Å²) in [5.41, 5.74) is 33.0. The van der Waals surface area contributed by atoms with Gasteiger partial charge in [-0.3, -0.25) is 15.0 Å². The minimum Gasteiger partial charge on any atom is -0.399 e. The Hall–Kier alpha value is -12.0. The van der Waals surface area contributed by atoms with Gasteiger partial charge in [0.25, 0.3) is 0 Å². The van der Waals surface area contributed by atoms with Crippen LogP contribution in [0.3, 0.4) is 0 Å². The van der Waals surface area contributed by atoms with Gasteiger partial charge < -0.3 is 9.31 Å². The molecule has 104 heavy (non-hydrogen) atoms. The lowest BCUT2D eigenvalue weighted by Gasteiger charge is -2.32. The van der Waals surface area contributed by atoms with Gasteiger partial charge in [-0.2, -0.15) is 0 Å². The van der Waals surface area contributed by atoms with Gasteiger partial charge in [-0.15, -0.1) is 0 Å². The first-order valence-electron chi connectivity index (χ1n) is 35.8. The number of halogens is 1. The SMILES string of the molecule is Cc1cc(-c2ccc(-c3ccccc3-c3cc(-c4ccccc4-c4ccc(-c5ccccn5)cc4-c4ccccc4)cc(-c4ccccc4-c4ccc(-c5ccccn5)cc4-c4ccccc4)c3)c(-c3ccc4c(c3)C(C)(C)c3cc(B5OC(C)(C)C(C)(C)O5)ccc3-4)c2)ncc1-c1ccc(F)cc1. The fourth-order valence-corrected chi connectivity index (χ4v) is 15.5. The van der Waals surface area contributed by atoms with Crippen molar-refractivity contribution in [2.45, 2.75) is 65.1 Å². The van der Waals surface area contributed by atoms with Gasteiger partial charge in [-0.1, -0.05) is 238 Å². The first-order valence-corrected chi connectivity index (χ1v) is 35.8. The number of benzene rings is 12. The van der Waals surface area contributed by atoms with E-state index in [1.807, 2.05) is 55.0 Å². The quantitative estimate of drug-likeness (QED) is 0.102. The van der Waals surface area contributed by atoms with Gasteiger partial charge >= 0.3 is 7.12 Å². The zero-order valence-corrected chi connectivity index (χ0v) is 59.3. The van der Waals surface area contributed by atoms with Crippen molar-refractivity contribution in [3.05, 3.63) is 350 Å².